The number of aryl methyl sites for hydroxylation is 1. The molecule has 1 aromatic carbocycles. The summed E-state index contributed by atoms with van der Waals surface area (Å²) in [7, 11) is 0. The smallest absolute Gasteiger partial charge is 0.434 e. The zero-order valence-electron chi connectivity index (χ0n) is 12.7. The highest BCUT2D eigenvalue weighted by Gasteiger charge is 2.05. The van der Waals surface area contributed by atoms with Crippen LogP contribution in [0.3, 0.4) is 0 Å². The van der Waals surface area contributed by atoms with Crippen molar-refractivity contribution in [3.05, 3.63) is 29.8 Å². The molecule has 0 saturated heterocycles. The lowest BCUT2D eigenvalue weighted by Gasteiger charge is -2.06. The highest BCUT2D eigenvalue weighted by Crippen LogP contribution is 2.15. The molecule has 20 heavy (non-hydrogen) atoms. The lowest BCUT2D eigenvalue weighted by Crippen LogP contribution is -2.11. The Balaban J connectivity index is 2.29. The van der Waals surface area contributed by atoms with Crippen LogP contribution in [0.1, 0.15) is 57.9 Å². The monoisotopic (exact) mass is 278 g/mol. The van der Waals surface area contributed by atoms with Gasteiger partial charge in [0.1, 0.15) is 5.75 Å². The molecule has 0 heterocycles. The normalized spacial score (nSPS) is 10.3. The van der Waals surface area contributed by atoms with Gasteiger partial charge < -0.3 is 9.47 Å². The number of carbonyl (C=O) groups is 1. The number of rotatable bonds is 9. The van der Waals surface area contributed by atoms with Crippen LogP contribution >= 0.6 is 0 Å². The second-order valence-electron chi connectivity index (χ2n) is 5.01. The Hall–Kier alpha value is -1.51. The maximum Gasteiger partial charge on any atom is 0.513 e. The molecule has 112 valence electrons. The number of unbranched alkanes of at least 4 members (excludes halogenated alkanes) is 4. The van der Waals surface area contributed by atoms with Gasteiger partial charge in [0.15, 0.2) is 0 Å². The van der Waals surface area contributed by atoms with E-state index in [1.54, 1.807) is 0 Å². The summed E-state index contributed by atoms with van der Waals surface area (Å²) in [6.45, 7) is 4.69. The minimum Gasteiger partial charge on any atom is -0.434 e. The number of hydrogen-bond donors (Lipinski definition) is 0. The molecule has 3 nitrogen and oxygen atoms in total. The average Bonchev–Trinajstić information content (AvgIpc) is 2.46. The summed E-state index contributed by atoms with van der Waals surface area (Å²) in [6, 6.07) is 7.69. The fourth-order valence-electron chi connectivity index (χ4n) is 1.91. The minimum atomic E-state index is -0.617. The summed E-state index contributed by atoms with van der Waals surface area (Å²) < 4.78 is 10.0. The van der Waals surface area contributed by atoms with Crippen molar-refractivity contribution < 1.29 is 14.3 Å². The van der Waals surface area contributed by atoms with E-state index in [0.717, 1.165) is 19.3 Å². The Morgan fingerprint density at radius 2 is 1.65 bits per heavy atom. The van der Waals surface area contributed by atoms with E-state index in [4.69, 9.17) is 9.47 Å². The molecule has 3 heteroatoms. The fourth-order valence-corrected chi connectivity index (χ4v) is 1.91. The predicted molar refractivity (Wildman–Crippen MR) is 81.2 cm³/mol. The summed E-state index contributed by atoms with van der Waals surface area (Å²) >= 11 is 0. The van der Waals surface area contributed by atoms with Crippen molar-refractivity contribution in [1.82, 2.24) is 0 Å². The lowest BCUT2D eigenvalue weighted by atomic mass is 10.1. The van der Waals surface area contributed by atoms with E-state index in [9.17, 15) is 4.79 Å². The van der Waals surface area contributed by atoms with Gasteiger partial charge in [-0.15, -0.1) is 0 Å². The Kier molecular flexibility index (Phi) is 8.52. The van der Waals surface area contributed by atoms with Gasteiger partial charge in [-0.25, -0.2) is 4.79 Å². The molecule has 0 aromatic heterocycles. The van der Waals surface area contributed by atoms with Crippen molar-refractivity contribution in [1.29, 1.82) is 0 Å². The number of carbonyl (C=O) groups excluding carboxylic acids is 1. The van der Waals surface area contributed by atoms with Gasteiger partial charge in [0.25, 0.3) is 0 Å². The highest BCUT2D eigenvalue weighted by molar-refractivity contribution is 5.63. The molecule has 0 atom stereocenters. The van der Waals surface area contributed by atoms with Crippen molar-refractivity contribution in [2.45, 2.75) is 58.8 Å². The molecule has 0 spiro atoms. The van der Waals surface area contributed by atoms with E-state index in [-0.39, 0.29) is 0 Å². The van der Waals surface area contributed by atoms with Crippen LogP contribution in [-0.2, 0) is 11.2 Å². The van der Waals surface area contributed by atoms with Crippen LogP contribution in [0.2, 0.25) is 0 Å². The van der Waals surface area contributed by atoms with Crippen molar-refractivity contribution in [3.63, 3.8) is 0 Å². The molecular weight excluding hydrogens is 252 g/mol. The molecule has 0 bridgehead atoms. The Morgan fingerprint density at radius 3 is 2.30 bits per heavy atom. The molecule has 0 radical (unpaired) electrons. The van der Waals surface area contributed by atoms with E-state index >= 15 is 0 Å². The SMILES string of the molecule is CCCCCCc1ccc(OC(=O)OCCCC)cc1. The zero-order chi connectivity index (χ0) is 14.6. The molecule has 0 unspecified atom stereocenters. The quantitative estimate of drug-likeness (QED) is 0.357. The zero-order valence-corrected chi connectivity index (χ0v) is 12.7. The third-order valence-electron chi connectivity index (χ3n) is 3.16. The number of benzene rings is 1. The van der Waals surface area contributed by atoms with Crippen LogP contribution in [0.25, 0.3) is 0 Å². The molecular formula is C17H26O3. The summed E-state index contributed by atoms with van der Waals surface area (Å²) in [4.78, 5) is 11.4. The van der Waals surface area contributed by atoms with Crippen LogP contribution in [-0.4, -0.2) is 12.8 Å². The van der Waals surface area contributed by atoms with Gasteiger partial charge in [-0.1, -0.05) is 51.7 Å². The Morgan fingerprint density at radius 1 is 0.950 bits per heavy atom. The fraction of sp³-hybridized carbons (Fsp3) is 0.588. The first-order valence-corrected chi connectivity index (χ1v) is 7.69. The van der Waals surface area contributed by atoms with Crippen molar-refractivity contribution in [2.24, 2.45) is 0 Å². The third-order valence-corrected chi connectivity index (χ3v) is 3.16. The van der Waals surface area contributed by atoms with Gasteiger partial charge in [-0.05, 0) is 37.0 Å². The summed E-state index contributed by atoms with van der Waals surface area (Å²) in [6.07, 6.45) is 7.38. The molecule has 0 aliphatic carbocycles. The lowest BCUT2D eigenvalue weighted by molar-refractivity contribution is 0.0978. The molecule has 0 aliphatic rings. The average molecular weight is 278 g/mol. The standard InChI is InChI=1S/C17H26O3/c1-3-5-7-8-9-15-10-12-16(13-11-15)20-17(18)19-14-6-4-2/h10-13H,3-9,14H2,1-2H3. The molecule has 0 N–H and O–H groups in total. The first-order valence-electron chi connectivity index (χ1n) is 7.69. The van der Waals surface area contributed by atoms with Crippen LogP contribution < -0.4 is 4.74 Å². The second-order valence-corrected chi connectivity index (χ2v) is 5.01. The van der Waals surface area contributed by atoms with Gasteiger partial charge in [-0.2, -0.15) is 0 Å². The second kappa shape index (κ2) is 10.3. The highest BCUT2D eigenvalue weighted by atomic mass is 16.7. The van der Waals surface area contributed by atoms with E-state index in [1.807, 2.05) is 31.2 Å². The third kappa shape index (κ3) is 7.17. The van der Waals surface area contributed by atoms with E-state index in [1.165, 1.54) is 31.2 Å². The molecule has 0 fully saturated rings. The van der Waals surface area contributed by atoms with Crippen molar-refractivity contribution in [3.8, 4) is 5.75 Å². The van der Waals surface area contributed by atoms with Crippen LogP contribution in [0.15, 0.2) is 24.3 Å². The van der Waals surface area contributed by atoms with Gasteiger partial charge in [0, 0.05) is 0 Å². The van der Waals surface area contributed by atoms with E-state index in [2.05, 4.69) is 6.92 Å². The summed E-state index contributed by atoms with van der Waals surface area (Å²) in [5, 5.41) is 0. The van der Waals surface area contributed by atoms with Crippen LogP contribution in [0.5, 0.6) is 5.75 Å². The maximum absolute atomic E-state index is 11.4. The molecule has 1 aromatic rings. The summed E-state index contributed by atoms with van der Waals surface area (Å²) in [5.41, 5.74) is 1.29. The summed E-state index contributed by atoms with van der Waals surface area (Å²) in [5.74, 6) is 0.545. The Labute approximate surface area is 122 Å². The van der Waals surface area contributed by atoms with Crippen molar-refractivity contribution >= 4 is 6.16 Å². The number of hydrogen-bond acceptors (Lipinski definition) is 3. The van der Waals surface area contributed by atoms with Crippen LogP contribution in [0, 0.1) is 0 Å². The number of ether oxygens (including phenoxy) is 2. The Bertz CT molecular complexity index is 370. The van der Waals surface area contributed by atoms with E-state index in [0.29, 0.717) is 12.4 Å². The molecule has 0 saturated carbocycles. The first-order chi connectivity index (χ1) is 9.76. The van der Waals surface area contributed by atoms with Gasteiger partial charge in [0.05, 0.1) is 6.61 Å². The van der Waals surface area contributed by atoms with Crippen LogP contribution in [0.4, 0.5) is 4.79 Å². The molecule has 0 aliphatic heterocycles. The van der Waals surface area contributed by atoms with Gasteiger partial charge in [0.2, 0.25) is 0 Å². The van der Waals surface area contributed by atoms with Gasteiger partial charge in [-0.3, -0.25) is 0 Å². The van der Waals surface area contributed by atoms with E-state index < -0.39 is 6.16 Å². The minimum absolute atomic E-state index is 0.421. The predicted octanol–water partition coefficient (Wildman–Crippen LogP) is 5.12. The molecule has 1 rings (SSSR count). The topological polar surface area (TPSA) is 35.5 Å². The molecule has 0 amide bonds. The maximum atomic E-state index is 11.4. The van der Waals surface area contributed by atoms with Crippen molar-refractivity contribution in [2.75, 3.05) is 6.61 Å². The first kappa shape index (κ1) is 16.5. The van der Waals surface area contributed by atoms with Gasteiger partial charge >= 0.3 is 6.16 Å². The largest absolute Gasteiger partial charge is 0.513 e.